The van der Waals surface area contributed by atoms with Gasteiger partial charge < -0.3 is 14.9 Å². The molecule has 0 saturated carbocycles. The lowest BCUT2D eigenvalue weighted by Gasteiger charge is -2.13. The number of carbonyl (C=O) groups excluding carboxylic acids is 1. The molecule has 1 amide bonds. The summed E-state index contributed by atoms with van der Waals surface area (Å²) in [5.41, 5.74) is 2.26. The molecular weight excluding hydrogens is 316 g/mol. The van der Waals surface area contributed by atoms with Gasteiger partial charge in [0, 0.05) is 29.1 Å². The van der Waals surface area contributed by atoms with E-state index in [0.29, 0.717) is 23.4 Å². The molecule has 2 N–H and O–H groups in total. The Morgan fingerprint density at radius 2 is 2.09 bits per heavy atom. The van der Waals surface area contributed by atoms with Crippen LogP contribution in [-0.4, -0.2) is 22.7 Å². The second kappa shape index (κ2) is 8.13. The fourth-order valence-corrected chi connectivity index (χ4v) is 2.69. The predicted molar refractivity (Wildman–Crippen MR) is 88.4 cm³/mol. The normalized spacial score (nSPS) is 12.2. The molecule has 1 heterocycles. The quantitative estimate of drug-likeness (QED) is 0.815. The Balaban J connectivity index is 1.96. The first-order valence-corrected chi connectivity index (χ1v) is 8.10. The highest BCUT2D eigenvalue weighted by Crippen LogP contribution is 2.22. The number of halogens is 1. The maximum atomic E-state index is 12.1. The van der Waals surface area contributed by atoms with Crippen LogP contribution in [0.25, 0.3) is 0 Å². The first kappa shape index (κ1) is 17.5. The Labute approximate surface area is 140 Å². The van der Waals surface area contributed by atoms with Gasteiger partial charge in [0.15, 0.2) is 0 Å². The van der Waals surface area contributed by atoms with E-state index in [2.05, 4.69) is 10.5 Å². The number of nitrogens with one attached hydrogen (secondary N) is 1. The van der Waals surface area contributed by atoms with Gasteiger partial charge in [-0.15, -0.1) is 0 Å². The first-order chi connectivity index (χ1) is 11.1. The summed E-state index contributed by atoms with van der Waals surface area (Å²) in [5.74, 6) is 0.562. The van der Waals surface area contributed by atoms with Gasteiger partial charge in [0.2, 0.25) is 5.91 Å². The van der Waals surface area contributed by atoms with Crippen LogP contribution in [0.15, 0.2) is 28.8 Å². The lowest BCUT2D eigenvalue weighted by molar-refractivity contribution is -0.120. The second-order valence-corrected chi connectivity index (χ2v) is 5.66. The maximum absolute atomic E-state index is 12.1. The van der Waals surface area contributed by atoms with Gasteiger partial charge in [0.25, 0.3) is 0 Å². The summed E-state index contributed by atoms with van der Waals surface area (Å²) in [6.07, 6.45) is 0.767. The van der Waals surface area contributed by atoms with Gasteiger partial charge >= 0.3 is 0 Å². The number of nitrogens with zero attached hydrogens (tertiary/aromatic N) is 1. The van der Waals surface area contributed by atoms with Crippen LogP contribution in [0.1, 0.15) is 42.5 Å². The van der Waals surface area contributed by atoms with Gasteiger partial charge in [0.05, 0.1) is 18.2 Å². The molecule has 124 valence electrons. The van der Waals surface area contributed by atoms with E-state index in [-0.39, 0.29) is 18.9 Å². The molecule has 23 heavy (non-hydrogen) atoms. The van der Waals surface area contributed by atoms with Crippen LogP contribution in [-0.2, 0) is 24.1 Å². The average Bonchev–Trinajstić information content (AvgIpc) is 2.94. The van der Waals surface area contributed by atoms with Gasteiger partial charge in [0.1, 0.15) is 5.76 Å². The number of aliphatic hydroxyl groups is 1. The molecule has 0 bridgehead atoms. The molecule has 1 atom stereocenters. The molecule has 0 spiro atoms. The van der Waals surface area contributed by atoms with E-state index in [0.717, 1.165) is 17.0 Å². The molecule has 2 rings (SSSR count). The Hall–Kier alpha value is -1.85. The van der Waals surface area contributed by atoms with Crippen LogP contribution in [0.4, 0.5) is 0 Å². The van der Waals surface area contributed by atoms with Crippen molar-refractivity contribution in [3.05, 3.63) is 51.9 Å². The van der Waals surface area contributed by atoms with E-state index in [1.54, 1.807) is 24.3 Å². The zero-order valence-corrected chi connectivity index (χ0v) is 14.1. The number of carbonyl (C=O) groups is 1. The smallest absolute Gasteiger partial charge is 0.224 e. The Kier molecular flexibility index (Phi) is 6.19. The molecule has 5 nitrogen and oxygen atoms in total. The third kappa shape index (κ3) is 4.33. The summed E-state index contributed by atoms with van der Waals surface area (Å²) in [5, 5.41) is 17.4. The minimum atomic E-state index is -0.841. The largest absolute Gasteiger partial charge is 0.387 e. The van der Waals surface area contributed by atoms with Gasteiger partial charge in [-0.1, -0.05) is 48.8 Å². The monoisotopic (exact) mass is 336 g/mol. The summed E-state index contributed by atoms with van der Waals surface area (Å²) in [6.45, 7) is 4.04. The van der Waals surface area contributed by atoms with Crippen LogP contribution in [0.3, 0.4) is 0 Å². The number of rotatable bonds is 7. The Morgan fingerprint density at radius 1 is 1.35 bits per heavy atom. The maximum Gasteiger partial charge on any atom is 0.224 e. The number of aryl methyl sites for hydroxylation is 2. The topological polar surface area (TPSA) is 75.4 Å². The standard InChI is InChI=1S/C17H21ClN2O3/c1-3-14-12(16(4-2)23-20-14)9-17(22)19-10-15(21)11-7-5-6-8-13(11)18/h5-8,15,21H,3-4,9-10H2,1-2H3,(H,19,22). The Bertz CT molecular complexity index is 648. The number of amides is 1. The summed E-state index contributed by atoms with van der Waals surface area (Å²) in [4.78, 5) is 12.1. The molecule has 1 aromatic carbocycles. The lowest BCUT2D eigenvalue weighted by atomic mass is 10.1. The van der Waals surface area contributed by atoms with Crippen molar-refractivity contribution < 1.29 is 14.4 Å². The fraction of sp³-hybridized carbons (Fsp3) is 0.412. The van der Waals surface area contributed by atoms with Crippen molar-refractivity contribution in [1.82, 2.24) is 10.5 Å². The highest BCUT2D eigenvalue weighted by atomic mass is 35.5. The molecule has 1 aromatic heterocycles. The van der Waals surface area contributed by atoms with E-state index in [4.69, 9.17) is 16.1 Å². The van der Waals surface area contributed by atoms with E-state index >= 15 is 0 Å². The highest BCUT2D eigenvalue weighted by molar-refractivity contribution is 6.31. The van der Waals surface area contributed by atoms with Crippen molar-refractivity contribution in [1.29, 1.82) is 0 Å². The summed E-state index contributed by atoms with van der Waals surface area (Å²) in [6, 6.07) is 7.04. The summed E-state index contributed by atoms with van der Waals surface area (Å²) in [7, 11) is 0. The van der Waals surface area contributed by atoms with E-state index in [9.17, 15) is 9.90 Å². The SMILES string of the molecule is CCc1noc(CC)c1CC(=O)NCC(O)c1ccccc1Cl. The number of benzene rings is 1. The van der Waals surface area contributed by atoms with Gasteiger partial charge in [-0.25, -0.2) is 0 Å². The van der Waals surface area contributed by atoms with Crippen LogP contribution in [0, 0.1) is 0 Å². The molecule has 0 aliphatic heterocycles. The minimum absolute atomic E-state index is 0.108. The van der Waals surface area contributed by atoms with Crippen LogP contribution in [0.2, 0.25) is 5.02 Å². The van der Waals surface area contributed by atoms with Crippen molar-refractivity contribution in [2.75, 3.05) is 6.54 Å². The van der Waals surface area contributed by atoms with Crippen molar-refractivity contribution in [2.45, 2.75) is 39.2 Å². The van der Waals surface area contributed by atoms with Crippen molar-refractivity contribution in [2.24, 2.45) is 0 Å². The van der Waals surface area contributed by atoms with E-state index in [1.165, 1.54) is 0 Å². The zero-order valence-electron chi connectivity index (χ0n) is 13.3. The zero-order chi connectivity index (χ0) is 16.8. The summed E-state index contributed by atoms with van der Waals surface area (Å²) < 4.78 is 5.25. The molecule has 0 radical (unpaired) electrons. The van der Waals surface area contributed by atoms with Crippen molar-refractivity contribution in [3.63, 3.8) is 0 Å². The molecule has 0 fully saturated rings. The average molecular weight is 337 g/mol. The third-order valence-electron chi connectivity index (χ3n) is 3.70. The van der Waals surface area contributed by atoms with Crippen LogP contribution < -0.4 is 5.32 Å². The van der Waals surface area contributed by atoms with Gasteiger partial charge in [-0.3, -0.25) is 4.79 Å². The fourth-order valence-electron chi connectivity index (χ4n) is 2.43. The number of aromatic nitrogens is 1. The third-order valence-corrected chi connectivity index (χ3v) is 4.05. The van der Waals surface area contributed by atoms with Crippen molar-refractivity contribution in [3.8, 4) is 0 Å². The predicted octanol–water partition coefficient (Wildman–Crippen LogP) is 2.85. The molecule has 2 aromatic rings. The van der Waals surface area contributed by atoms with Crippen LogP contribution >= 0.6 is 11.6 Å². The van der Waals surface area contributed by atoms with Gasteiger partial charge in [-0.2, -0.15) is 0 Å². The van der Waals surface area contributed by atoms with E-state index < -0.39 is 6.10 Å². The molecule has 0 aliphatic rings. The molecule has 0 saturated heterocycles. The number of hydrogen-bond donors (Lipinski definition) is 2. The minimum Gasteiger partial charge on any atom is -0.387 e. The Morgan fingerprint density at radius 3 is 2.74 bits per heavy atom. The van der Waals surface area contributed by atoms with E-state index in [1.807, 2.05) is 13.8 Å². The number of hydrogen-bond acceptors (Lipinski definition) is 4. The van der Waals surface area contributed by atoms with Crippen LogP contribution in [0.5, 0.6) is 0 Å². The summed E-state index contributed by atoms with van der Waals surface area (Å²) >= 11 is 6.04. The van der Waals surface area contributed by atoms with Gasteiger partial charge in [-0.05, 0) is 12.5 Å². The number of aliphatic hydroxyl groups excluding tert-OH is 1. The first-order valence-electron chi connectivity index (χ1n) is 7.72. The lowest BCUT2D eigenvalue weighted by Crippen LogP contribution is -2.30. The molecule has 1 unspecified atom stereocenters. The second-order valence-electron chi connectivity index (χ2n) is 5.26. The molecular formula is C17H21ClN2O3. The highest BCUT2D eigenvalue weighted by Gasteiger charge is 2.18. The van der Waals surface area contributed by atoms with Crippen molar-refractivity contribution >= 4 is 17.5 Å². The molecule has 0 aliphatic carbocycles. The molecule has 6 heteroatoms.